The van der Waals surface area contributed by atoms with Crippen LogP contribution in [0.4, 0.5) is 5.69 Å². The SMILES string of the molecule is CCO[Si](CCCNS(=O)(=O)c1c(C)c(C)cc2c(N)cccc12)(OCC)OCC. The molecule has 0 fully saturated rings. The average Bonchev–Trinajstić information content (AvgIpc) is 2.67. The third-order valence-corrected chi connectivity index (χ3v) is 9.79. The zero-order valence-electron chi connectivity index (χ0n) is 18.6. The van der Waals surface area contributed by atoms with Crippen molar-refractivity contribution < 1.29 is 21.7 Å². The van der Waals surface area contributed by atoms with Crippen LogP contribution in [0, 0.1) is 13.8 Å². The summed E-state index contributed by atoms with van der Waals surface area (Å²) < 4.78 is 46.6. The number of anilines is 1. The molecule has 0 saturated heterocycles. The lowest BCUT2D eigenvalue weighted by Gasteiger charge is -2.28. The lowest BCUT2D eigenvalue weighted by molar-refractivity contribution is 0.0709. The number of nitrogens with one attached hydrogen (secondary N) is 1. The average molecular weight is 455 g/mol. The first-order valence-electron chi connectivity index (χ1n) is 10.4. The molecule has 2 rings (SSSR count). The monoisotopic (exact) mass is 454 g/mol. The zero-order valence-corrected chi connectivity index (χ0v) is 20.4. The lowest BCUT2D eigenvalue weighted by atomic mass is 10.0. The van der Waals surface area contributed by atoms with E-state index < -0.39 is 18.8 Å². The van der Waals surface area contributed by atoms with Crippen molar-refractivity contribution in [2.45, 2.75) is 52.0 Å². The molecule has 168 valence electrons. The van der Waals surface area contributed by atoms with Gasteiger partial charge in [-0.15, -0.1) is 0 Å². The molecular weight excluding hydrogens is 420 g/mol. The fraction of sp³-hybridized carbons (Fsp3) is 0.524. The maximum atomic E-state index is 13.2. The maximum absolute atomic E-state index is 13.2. The van der Waals surface area contributed by atoms with Crippen molar-refractivity contribution in [2.24, 2.45) is 0 Å². The van der Waals surface area contributed by atoms with Crippen LogP contribution in [0.25, 0.3) is 10.8 Å². The molecule has 0 aliphatic heterocycles. The Morgan fingerprint density at radius 3 is 2.17 bits per heavy atom. The molecule has 0 saturated carbocycles. The van der Waals surface area contributed by atoms with Crippen molar-refractivity contribution in [1.82, 2.24) is 4.72 Å². The van der Waals surface area contributed by atoms with Crippen LogP contribution >= 0.6 is 0 Å². The molecule has 0 amide bonds. The Morgan fingerprint density at radius 1 is 1.00 bits per heavy atom. The first-order chi connectivity index (χ1) is 14.2. The lowest BCUT2D eigenvalue weighted by Crippen LogP contribution is -2.46. The van der Waals surface area contributed by atoms with Crippen molar-refractivity contribution >= 4 is 35.3 Å². The van der Waals surface area contributed by atoms with E-state index >= 15 is 0 Å². The van der Waals surface area contributed by atoms with Gasteiger partial charge >= 0.3 is 8.80 Å². The molecule has 7 nitrogen and oxygen atoms in total. The van der Waals surface area contributed by atoms with Crippen molar-refractivity contribution in [3.63, 3.8) is 0 Å². The van der Waals surface area contributed by atoms with Crippen molar-refractivity contribution in [3.05, 3.63) is 35.4 Å². The minimum absolute atomic E-state index is 0.265. The minimum Gasteiger partial charge on any atom is -0.398 e. The number of hydrogen-bond acceptors (Lipinski definition) is 6. The fourth-order valence-electron chi connectivity index (χ4n) is 3.58. The van der Waals surface area contributed by atoms with E-state index in [-0.39, 0.29) is 11.4 Å². The van der Waals surface area contributed by atoms with Crippen molar-refractivity contribution in [1.29, 1.82) is 0 Å². The quantitative estimate of drug-likeness (QED) is 0.288. The molecule has 0 spiro atoms. The summed E-state index contributed by atoms with van der Waals surface area (Å²) in [4.78, 5) is 0.285. The Labute approximate surface area is 181 Å². The molecule has 2 aromatic carbocycles. The summed E-state index contributed by atoms with van der Waals surface area (Å²) >= 11 is 0. The van der Waals surface area contributed by atoms with Gasteiger partial charge in [0.25, 0.3) is 0 Å². The van der Waals surface area contributed by atoms with E-state index in [1.165, 1.54) is 0 Å². The summed E-state index contributed by atoms with van der Waals surface area (Å²) in [6.45, 7) is 11.2. The summed E-state index contributed by atoms with van der Waals surface area (Å²) in [5, 5.41) is 1.38. The third-order valence-electron chi connectivity index (χ3n) is 4.99. The molecule has 0 aliphatic carbocycles. The van der Waals surface area contributed by atoms with Gasteiger partial charge in [0.2, 0.25) is 10.0 Å². The van der Waals surface area contributed by atoms with Gasteiger partial charge in [-0.25, -0.2) is 13.1 Å². The normalized spacial score (nSPS) is 12.6. The second-order valence-electron chi connectivity index (χ2n) is 7.07. The molecule has 3 N–H and O–H groups in total. The van der Waals surface area contributed by atoms with Crippen LogP contribution < -0.4 is 10.5 Å². The largest absolute Gasteiger partial charge is 0.500 e. The molecule has 0 radical (unpaired) electrons. The van der Waals surface area contributed by atoms with E-state index in [4.69, 9.17) is 19.0 Å². The van der Waals surface area contributed by atoms with Crippen LogP contribution in [0.15, 0.2) is 29.2 Å². The molecule has 0 heterocycles. The molecule has 9 heteroatoms. The summed E-state index contributed by atoms with van der Waals surface area (Å²) in [6, 6.07) is 7.83. The molecule has 30 heavy (non-hydrogen) atoms. The van der Waals surface area contributed by atoms with E-state index in [9.17, 15) is 8.42 Å². The Bertz CT molecular complexity index is 948. The number of fused-ring (bicyclic) bond motifs is 1. The Morgan fingerprint density at radius 2 is 1.60 bits per heavy atom. The Hall–Kier alpha value is -1.49. The van der Waals surface area contributed by atoms with Gasteiger partial charge in [-0.05, 0) is 64.3 Å². The van der Waals surface area contributed by atoms with Gasteiger partial charge in [0, 0.05) is 48.9 Å². The molecule has 0 aliphatic rings. The minimum atomic E-state index is -3.72. The van der Waals surface area contributed by atoms with Crippen molar-refractivity contribution in [3.8, 4) is 0 Å². The van der Waals surface area contributed by atoms with Gasteiger partial charge in [0.15, 0.2) is 0 Å². The standard InChI is InChI=1S/C21H34N2O5SSi/c1-6-26-30(27-7-2,28-8-3)14-10-13-23-29(24,25)21-17(5)16(4)15-19-18(21)11-9-12-20(19)22/h9,11-12,15,23H,6-8,10,13-14,22H2,1-5H3. The Balaban J connectivity index is 2.22. The zero-order chi connectivity index (χ0) is 22.4. The van der Waals surface area contributed by atoms with Gasteiger partial charge in [0.05, 0.1) is 4.90 Å². The molecule has 0 atom stereocenters. The second-order valence-corrected chi connectivity index (χ2v) is 11.5. The number of hydrogen-bond donors (Lipinski definition) is 2. The highest BCUT2D eigenvalue weighted by atomic mass is 32.2. The summed E-state index contributed by atoms with van der Waals surface area (Å²) in [7, 11) is -6.52. The van der Waals surface area contributed by atoms with E-state index in [0.717, 1.165) is 16.5 Å². The summed E-state index contributed by atoms with van der Waals surface area (Å²) in [6.07, 6.45) is 0.552. The maximum Gasteiger partial charge on any atom is 0.500 e. The highest BCUT2D eigenvalue weighted by molar-refractivity contribution is 7.89. The molecule has 0 bridgehead atoms. The van der Waals surface area contributed by atoms with Gasteiger partial charge < -0.3 is 19.0 Å². The van der Waals surface area contributed by atoms with Gasteiger partial charge in [-0.1, -0.05) is 12.1 Å². The van der Waals surface area contributed by atoms with Crippen molar-refractivity contribution in [2.75, 3.05) is 32.1 Å². The first-order valence-corrected chi connectivity index (χ1v) is 13.8. The molecule has 0 aromatic heterocycles. The highest BCUT2D eigenvalue weighted by Crippen LogP contribution is 2.32. The van der Waals surface area contributed by atoms with Crippen LogP contribution in [-0.2, 0) is 23.3 Å². The second kappa shape index (κ2) is 10.7. The van der Waals surface area contributed by atoms with E-state index in [1.54, 1.807) is 18.2 Å². The smallest absolute Gasteiger partial charge is 0.398 e. The van der Waals surface area contributed by atoms with E-state index in [2.05, 4.69) is 4.72 Å². The predicted molar refractivity (Wildman–Crippen MR) is 123 cm³/mol. The van der Waals surface area contributed by atoms with Crippen LogP contribution in [-0.4, -0.2) is 43.6 Å². The van der Waals surface area contributed by atoms with E-state index in [0.29, 0.717) is 43.4 Å². The summed E-state index contributed by atoms with van der Waals surface area (Å²) in [5.41, 5.74) is 8.26. The molecule has 2 aromatic rings. The molecular formula is C21H34N2O5SSi. The van der Waals surface area contributed by atoms with Gasteiger partial charge in [-0.3, -0.25) is 0 Å². The van der Waals surface area contributed by atoms with E-state index in [1.807, 2.05) is 40.7 Å². The fourth-order valence-corrected chi connectivity index (χ4v) is 7.78. The third kappa shape index (κ3) is 5.60. The first kappa shape index (κ1) is 24.8. The highest BCUT2D eigenvalue weighted by Gasteiger charge is 2.39. The number of nitrogens with two attached hydrogens (primary N) is 1. The Kier molecular flexibility index (Phi) is 8.83. The number of sulfonamides is 1. The van der Waals surface area contributed by atoms with Gasteiger partial charge in [0.1, 0.15) is 0 Å². The number of benzene rings is 2. The topological polar surface area (TPSA) is 99.9 Å². The molecule has 0 unspecified atom stereocenters. The van der Waals surface area contributed by atoms with Gasteiger partial charge in [-0.2, -0.15) is 0 Å². The predicted octanol–water partition coefficient (Wildman–Crippen LogP) is 3.76. The van der Waals surface area contributed by atoms with Crippen LogP contribution in [0.5, 0.6) is 0 Å². The summed E-state index contributed by atoms with van der Waals surface area (Å²) in [5.74, 6) is 0. The number of rotatable bonds is 12. The van der Waals surface area contributed by atoms with Crippen LogP contribution in [0.3, 0.4) is 0 Å². The van der Waals surface area contributed by atoms with Crippen LogP contribution in [0.1, 0.15) is 38.3 Å². The number of nitrogen functional groups attached to an aromatic ring is 1. The number of aryl methyl sites for hydroxylation is 1. The van der Waals surface area contributed by atoms with Crippen LogP contribution in [0.2, 0.25) is 6.04 Å².